The Hall–Kier alpha value is -3.66. The van der Waals surface area contributed by atoms with Crippen LogP contribution >= 0.6 is 0 Å². The predicted molar refractivity (Wildman–Crippen MR) is 144 cm³/mol. The fraction of sp³-hybridized carbons (Fsp3) is 0.241. The molecule has 3 aromatic rings. The molecule has 0 aliphatic carbocycles. The zero-order valence-corrected chi connectivity index (χ0v) is 20.1. The first kappa shape index (κ1) is 24.0. The van der Waals surface area contributed by atoms with Crippen LogP contribution in [0.2, 0.25) is 0 Å². The number of nitrogens with one attached hydrogen (secondary N) is 2. The van der Waals surface area contributed by atoms with E-state index in [1.807, 2.05) is 19.3 Å². The van der Waals surface area contributed by atoms with Gasteiger partial charge in [-0.25, -0.2) is 0 Å². The minimum atomic E-state index is 0.817. The molecule has 4 heteroatoms. The van der Waals surface area contributed by atoms with Gasteiger partial charge in [-0.2, -0.15) is 0 Å². The summed E-state index contributed by atoms with van der Waals surface area (Å²) in [5.41, 5.74) is 9.07. The largest absolute Gasteiger partial charge is 0.388 e. The van der Waals surface area contributed by atoms with Crippen LogP contribution in [-0.4, -0.2) is 38.0 Å². The van der Waals surface area contributed by atoms with Gasteiger partial charge in [0.15, 0.2) is 0 Å². The maximum absolute atomic E-state index is 7.76. The van der Waals surface area contributed by atoms with Crippen molar-refractivity contribution in [2.75, 3.05) is 26.0 Å². The van der Waals surface area contributed by atoms with E-state index in [4.69, 9.17) is 5.41 Å². The fourth-order valence-electron chi connectivity index (χ4n) is 4.01. The smallest absolute Gasteiger partial charge is 0.0458 e. The van der Waals surface area contributed by atoms with Gasteiger partial charge in [-0.3, -0.25) is 4.99 Å². The van der Waals surface area contributed by atoms with Crippen molar-refractivity contribution in [2.45, 2.75) is 26.8 Å². The standard InChI is InChI=1S/C29H34N4/c1-5-17-33(29(15-16-31-3)23-9-7-6-8-10-23)21-27-19-24(12-11-22(27)2)25-13-14-28(32-4)26(18-25)20-30/h6-16,18-20,30,32H,5,17,21H2,1-4H3/b29-15+,30-20?,31-16?. The second-order valence-corrected chi connectivity index (χ2v) is 8.08. The van der Waals surface area contributed by atoms with Crippen molar-refractivity contribution in [1.82, 2.24) is 4.90 Å². The number of nitrogens with zero attached hydrogens (tertiary/aromatic N) is 2. The van der Waals surface area contributed by atoms with E-state index in [1.54, 1.807) is 7.05 Å². The van der Waals surface area contributed by atoms with Crippen molar-refractivity contribution in [1.29, 1.82) is 5.41 Å². The van der Waals surface area contributed by atoms with Crippen molar-refractivity contribution in [2.24, 2.45) is 4.99 Å². The van der Waals surface area contributed by atoms with Gasteiger partial charge in [-0.15, -0.1) is 0 Å². The van der Waals surface area contributed by atoms with Gasteiger partial charge in [0.1, 0.15) is 0 Å². The lowest BCUT2D eigenvalue weighted by Gasteiger charge is -2.28. The Morgan fingerprint density at radius 1 is 1.03 bits per heavy atom. The molecule has 33 heavy (non-hydrogen) atoms. The third kappa shape index (κ3) is 5.98. The van der Waals surface area contributed by atoms with Gasteiger partial charge in [-0.05, 0) is 65.4 Å². The van der Waals surface area contributed by atoms with Crippen molar-refractivity contribution in [3.8, 4) is 11.1 Å². The van der Waals surface area contributed by atoms with Crippen molar-refractivity contribution in [3.05, 3.63) is 95.1 Å². The molecule has 0 heterocycles. The molecule has 0 radical (unpaired) electrons. The lowest BCUT2D eigenvalue weighted by molar-refractivity contribution is 0.389. The highest BCUT2D eigenvalue weighted by molar-refractivity contribution is 5.88. The molecule has 0 aliphatic heterocycles. The summed E-state index contributed by atoms with van der Waals surface area (Å²) in [5.74, 6) is 0. The van der Waals surface area contributed by atoms with E-state index in [9.17, 15) is 0 Å². The second kappa shape index (κ2) is 11.8. The SMILES string of the molecule is CCCN(Cc1cc(-c2ccc(NC)c(C=N)c2)ccc1C)/C(=C/C=NC)c1ccccc1. The summed E-state index contributed by atoms with van der Waals surface area (Å²) in [6.07, 6.45) is 6.44. The van der Waals surface area contributed by atoms with Gasteiger partial charge in [0.25, 0.3) is 0 Å². The molecule has 3 aromatic carbocycles. The van der Waals surface area contributed by atoms with Gasteiger partial charge in [0.05, 0.1) is 0 Å². The molecule has 0 bridgehead atoms. The summed E-state index contributed by atoms with van der Waals surface area (Å²) < 4.78 is 0. The summed E-state index contributed by atoms with van der Waals surface area (Å²) in [6, 6.07) is 23.4. The van der Waals surface area contributed by atoms with E-state index in [0.29, 0.717) is 0 Å². The number of hydrogen-bond acceptors (Lipinski definition) is 4. The Labute approximate surface area is 198 Å². The lowest BCUT2D eigenvalue weighted by atomic mass is 9.97. The van der Waals surface area contributed by atoms with Crippen LogP contribution in [0.4, 0.5) is 5.69 Å². The summed E-state index contributed by atoms with van der Waals surface area (Å²) in [7, 11) is 3.69. The van der Waals surface area contributed by atoms with E-state index >= 15 is 0 Å². The molecule has 2 N–H and O–H groups in total. The van der Waals surface area contributed by atoms with Gasteiger partial charge in [0, 0.05) is 56.6 Å². The average molecular weight is 439 g/mol. The van der Waals surface area contributed by atoms with Crippen molar-refractivity contribution in [3.63, 3.8) is 0 Å². The monoisotopic (exact) mass is 438 g/mol. The van der Waals surface area contributed by atoms with Crippen LogP contribution in [-0.2, 0) is 6.54 Å². The van der Waals surface area contributed by atoms with Gasteiger partial charge < -0.3 is 15.6 Å². The molecule has 0 saturated heterocycles. The topological polar surface area (TPSA) is 51.5 Å². The summed E-state index contributed by atoms with van der Waals surface area (Å²) in [4.78, 5) is 6.64. The minimum Gasteiger partial charge on any atom is -0.388 e. The number of hydrogen-bond donors (Lipinski definition) is 2. The Balaban J connectivity index is 2.00. The quantitative estimate of drug-likeness (QED) is 0.348. The van der Waals surface area contributed by atoms with E-state index in [1.165, 1.54) is 28.6 Å². The highest BCUT2D eigenvalue weighted by atomic mass is 15.1. The molecular formula is C29H34N4. The first-order valence-electron chi connectivity index (χ1n) is 11.5. The Bertz CT molecular complexity index is 1130. The average Bonchev–Trinajstić information content (AvgIpc) is 2.85. The van der Waals surface area contributed by atoms with Gasteiger partial charge in [-0.1, -0.05) is 55.5 Å². The number of allylic oxidation sites excluding steroid dienone is 1. The lowest BCUT2D eigenvalue weighted by Crippen LogP contribution is -2.23. The molecule has 0 spiro atoms. The van der Waals surface area contributed by atoms with Crippen molar-refractivity contribution >= 4 is 23.8 Å². The molecule has 0 amide bonds. The first-order valence-corrected chi connectivity index (χ1v) is 11.5. The van der Waals surface area contributed by atoms with E-state index in [2.05, 4.69) is 95.8 Å². The molecule has 0 atom stereocenters. The van der Waals surface area contributed by atoms with E-state index < -0.39 is 0 Å². The summed E-state index contributed by atoms with van der Waals surface area (Å²) in [5, 5.41) is 10.9. The maximum Gasteiger partial charge on any atom is 0.0458 e. The van der Waals surface area contributed by atoms with Gasteiger partial charge >= 0.3 is 0 Å². The number of anilines is 1. The summed E-state index contributed by atoms with van der Waals surface area (Å²) in [6.45, 7) is 6.17. The predicted octanol–water partition coefficient (Wildman–Crippen LogP) is 6.66. The molecule has 4 nitrogen and oxygen atoms in total. The van der Waals surface area contributed by atoms with Crippen LogP contribution < -0.4 is 5.32 Å². The van der Waals surface area contributed by atoms with Gasteiger partial charge in [0.2, 0.25) is 0 Å². The zero-order valence-electron chi connectivity index (χ0n) is 20.1. The molecular weight excluding hydrogens is 404 g/mol. The molecule has 0 fully saturated rings. The number of aryl methyl sites for hydroxylation is 1. The highest BCUT2D eigenvalue weighted by Crippen LogP contribution is 2.28. The van der Waals surface area contributed by atoms with Crippen LogP contribution in [0.15, 0.2) is 77.8 Å². The first-order chi connectivity index (χ1) is 16.1. The minimum absolute atomic E-state index is 0.817. The highest BCUT2D eigenvalue weighted by Gasteiger charge is 2.14. The number of rotatable bonds is 10. The van der Waals surface area contributed by atoms with Crippen LogP contribution in [0.1, 0.15) is 35.6 Å². The van der Waals surface area contributed by atoms with Crippen LogP contribution in [0.5, 0.6) is 0 Å². The molecule has 0 aromatic heterocycles. The van der Waals surface area contributed by atoms with Crippen LogP contribution in [0, 0.1) is 12.3 Å². The number of benzene rings is 3. The Kier molecular flexibility index (Phi) is 8.59. The maximum atomic E-state index is 7.76. The number of aliphatic imine (C=N–C) groups is 1. The molecule has 0 aliphatic rings. The van der Waals surface area contributed by atoms with E-state index in [-0.39, 0.29) is 0 Å². The molecule has 3 rings (SSSR count). The molecule has 0 saturated carbocycles. The fourth-order valence-corrected chi connectivity index (χ4v) is 4.01. The summed E-state index contributed by atoms with van der Waals surface area (Å²) >= 11 is 0. The van der Waals surface area contributed by atoms with Crippen LogP contribution in [0.3, 0.4) is 0 Å². The molecule has 0 unspecified atom stereocenters. The third-order valence-corrected chi connectivity index (χ3v) is 5.81. The Morgan fingerprint density at radius 3 is 2.42 bits per heavy atom. The Morgan fingerprint density at radius 2 is 1.76 bits per heavy atom. The normalized spacial score (nSPS) is 11.6. The third-order valence-electron chi connectivity index (χ3n) is 5.81. The second-order valence-electron chi connectivity index (χ2n) is 8.08. The van der Waals surface area contributed by atoms with Crippen molar-refractivity contribution < 1.29 is 0 Å². The zero-order chi connectivity index (χ0) is 23.6. The molecule has 170 valence electrons. The van der Waals surface area contributed by atoms with Crippen LogP contribution in [0.25, 0.3) is 16.8 Å². The van der Waals surface area contributed by atoms with E-state index in [0.717, 1.165) is 41.9 Å².